The Labute approximate surface area is 77.5 Å². The van der Waals surface area contributed by atoms with E-state index in [1.807, 2.05) is 0 Å². The molecule has 0 unspecified atom stereocenters. The van der Waals surface area contributed by atoms with E-state index in [0.717, 1.165) is 25.5 Å². The van der Waals surface area contributed by atoms with Crippen LogP contribution in [0.4, 0.5) is 0 Å². The highest BCUT2D eigenvalue weighted by Gasteiger charge is 2.24. The van der Waals surface area contributed by atoms with Crippen molar-refractivity contribution < 1.29 is 14.3 Å². The van der Waals surface area contributed by atoms with Crippen LogP contribution in [-0.2, 0) is 9.53 Å². The minimum Gasteiger partial charge on any atom is -0.454 e. The zero-order chi connectivity index (χ0) is 9.68. The van der Waals surface area contributed by atoms with Gasteiger partial charge in [0.2, 0.25) is 0 Å². The number of hydrogen-bond donors (Lipinski definition) is 0. The molecule has 0 saturated heterocycles. The van der Waals surface area contributed by atoms with E-state index >= 15 is 0 Å². The number of rotatable bonds is 2. The average molecular weight is 182 g/mol. The van der Waals surface area contributed by atoms with E-state index < -0.39 is 5.97 Å². The lowest BCUT2D eigenvalue weighted by molar-refractivity contribution is -0.148. The molecule has 1 saturated carbocycles. The molecule has 0 N–H and O–H groups in total. The van der Waals surface area contributed by atoms with E-state index in [-0.39, 0.29) is 6.10 Å². The van der Waals surface area contributed by atoms with Crippen LogP contribution in [0.25, 0.3) is 5.53 Å². The van der Waals surface area contributed by atoms with Crippen molar-refractivity contribution in [3.05, 3.63) is 5.53 Å². The summed E-state index contributed by atoms with van der Waals surface area (Å²) in [6.45, 7) is 2.08. The summed E-state index contributed by atoms with van der Waals surface area (Å²) in [6, 6.07) is 0. The Kier molecular flexibility index (Phi) is 3.65. The molecule has 0 heterocycles. The van der Waals surface area contributed by atoms with Gasteiger partial charge in [-0.05, 0) is 25.2 Å². The number of esters is 1. The van der Waals surface area contributed by atoms with Gasteiger partial charge < -0.3 is 10.3 Å². The van der Waals surface area contributed by atoms with Gasteiger partial charge in [0.15, 0.2) is 0 Å². The first-order valence-electron chi connectivity index (χ1n) is 4.62. The molecule has 0 amide bonds. The molecule has 2 atom stereocenters. The predicted molar refractivity (Wildman–Crippen MR) is 47.2 cm³/mol. The van der Waals surface area contributed by atoms with Crippen molar-refractivity contribution in [1.82, 2.24) is 0 Å². The molecule has 1 aliphatic rings. The molecule has 0 aromatic carbocycles. The first-order valence-corrected chi connectivity index (χ1v) is 4.62. The fraction of sp³-hybridized carbons (Fsp3) is 0.778. The van der Waals surface area contributed by atoms with Crippen LogP contribution in [0.3, 0.4) is 0 Å². The largest absolute Gasteiger partial charge is 0.454 e. The fourth-order valence-corrected chi connectivity index (χ4v) is 1.68. The van der Waals surface area contributed by atoms with E-state index in [9.17, 15) is 4.79 Å². The molecule has 1 aliphatic carbocycles. The van der Waals surface area contributed by atoms with Gasteiger partial charge in [-0.25, -0.2) is 4.79 Å². The lowest BCUT2D eigenvalue weighted by Crippen LogP contribution is -2.28. The monoisotopic (exact) mass is 182 g/mol. The predicted octanol–water partition coefficient (Wildman–Crippen LogP) is 1.41. The molecule has 0 aromatic rings. The van der Waals surface area contributed by atoms with Gasteiger partial charge in [-0.2, -0.15) is 4.79 Å². The second-order valence-corrected chi connectivity index (χ2v) is 3.48. The number of ether oxygens (including phenoxy) is 1. The second kappa shape index (κ2) is 4.77. The summed E-state index contributed by atoms with van der Waals surface area (Å²) in [5.74, 6) is -0.133. The van der Waals surface area contributed by atoms with Crippen molar-refractivity contribution in [3.63, 3.8) is 0 Å². The normalized spacial score (nSPS) is 27.5. The highest BCUT2D eigenvalue weighted by atomic mass is 16.5. The highest BCUT2D eigenvalue weighted by molar-refractivity contribution is 6.20. The van der Waals surface area contributed by atoms with Gasteiger partial charge in [-0.3, -0.25) is 0 Å². The van der Waals surface area contributed by atoms with E-state index in [4.69, 9.17) is 10.3 Å². The molecule has 0 radical (unpaired) electrons. The fourth-order valence-electron chi connectivity index (χ4n) is 1.68. The van der Waals surface area contributed by atoms with E-state index in [2.05, 4.69) is 11.7 Å². The first-order chi connectivity index (χ1) is 6.24. The summed E-state index contributed by atoms with van der Waals surface area (Å²) < 4.78 is 5.10. The highest BCUT2D eigenvalue weighted by Crippen LogP contribution is 2.25. The number of carbonyl (C=O) groups is 1. The second-order valence-electron chi connectivity index (χ2n) is 3.48. The van der Waals surface area contributed by atoms with Crippen LogP contribution in [0, 0.1) is 5.92 Å². The smallest absolute Gasteiger partial charge is 0.413 e. The van der Waals surface area contributed by atoms with Gasteiger partial charge in [-0.1, -0.05) is 13.3 Å². The van der Waals surface area contributed by atoms with Crippen LogP contribution >= 0.6 is 0 Å². The van der Waals surface area contributed by atoms with Gasteiger partial charge in [0.1, 0.15) is 6.10 Å². The number of hydrogen-bond acceptors (Lipinski definition) is 2. The van der Waals surface area contributed by atoms with Crippen molar-refractivity contribution in [1.29, 1.82) is 0 Å². The molecule has 0 bridgehead atoms. The maximum Gasteiger partial charge on any atom is 0.413 e. The average Bonchev–Trinajstić information content (AvgIpc) is 2.09. The van der Waals surface area contributed by atoms with Gasteiger partial charge in [0.05, 0.1) is 0 Å². The van der Waals surface area contributed by atoms with Gasteiger partial charge >= 0.3 is 12.2 Å². The first kappa shape index (κ1) is 9.93. The SMILES string of the molecule is C[C@H]1CCCC[C@H]1OC(=O)C=[N+]=[N-]. The molecule has 13 heavy (non-hydrogen) atoms. The molecule has 4 nitrogen and oxygen atoms in total. The third-order valence-corrected chi connectivity index (χ3v) is 2.46. The minimum atomic E-state index is -0.554. The Bertz CT molecular complexity index is 234. The molecule has 1 rings (SSSR count). The summed E-state index contributed by atoms with van der Waals surface area (Å²) in [7, 11) is 0. The van der Waals surface area contributed by atoms with Crippen LogP contribution in [0.2, 0.25) is 0 Å². The van der Waals surface area contributed by atoms with Crippen molar-refractivity contribution in [2.24, 2.45) is 5.92 Å². The van der Waals surface area contributed by atoms with Gasteiger partial charge in [0, 0.05) is 0 Å². The summed E-state index contributed by atoms with van der Waals surface area (Å²) in [5, 5.41) is 0. The summed E-state index contributed by atoms with van der Waals surface area (Å²) in [5.41, 5.74) is 8.10. The van der Waals surface area contributed by atoms with Gasteiger partial charge in [0.25, 0.3) is 0 Å². The Balaban J connectivity index is 2.42. The van der Waals surface area contributed by atoms with E-state index in [0.29, 0.717) is 5.92 Å². The van der Waals surface area contributed by atoms with Crippen LogP contribution < -0.4 is 0 Å². The third kappa shape index (κ3) is 2.99. The molecule has 0 aliphatic heterocycles. The standard InChI is InChI=1S/C9H14N2O2/c1-7-4-2-3-5-8(7)13-9(12)6-11-10/h6-8H,2-5H2,1H3/t7-,8+/m0/s1. The van der Waals surface area contributed by atoms with Gasteiger partial charge in [-0.15, -0.1) is 0 Å². The van der Waals surface area contributed by atoms with Crippen LogP contribution in [0.1, 0.15) is 32.6 Å². The third-order valence-electron chi connectivity index (χ3n) is 2.46. The zero-order valence-corrected chi connectivity index (χ0v) is 7.77. The molecule has 0 aromatic heterocycles. The van der Waals surface area contributed by atoms with Crippen LogP contribution in [-0.4, -0.2) is 23.1 Å². The zero-order valence-electron chi connectivity index (χ0n) is 7.77. The molecular weight excluding hydrogens is 168 g/mol. The maximum absolute atomic E-state index is 10.9. The Morgan fingerprint density at radius 3 is 2.85 bits per heavy atom. The lowest BCUT2D eigenvalue weighted by Gasteiger charge is -2.27. The van der Waals surface area contributed by atoms with Crippen LogP contribution in [0.15, 0.2) is 0 Å². The Morgan fingerprint density at radius 1 is 1.54 bits per heavy atom. The summed E-state index contributed by atoms with van der Waals surface area (Å²) in [6.07, 6.45) is 5.14. The molecule has 1 fully saturated rings. The van der Waals surface area contributed by atoms with E-state index in [1.165, 1.54) is 6.42 Å². The van der Waals surface area contributed by atoms with Crippen LogP contribution in [0.5, 0.6) is 0 Å². The van der Waals surface area contributed by atoms with Crippen molar-refractivity contribution in [3.8, 4) is 0 Å². The Morgan fingerprint density at radius 2 is 2.23 bits per heavy atom. The maximum atomic E-state index is 10.9. The molecule has 0 spiro atoms. The number of carbonyl (C=O) groups excluding carboxylic acids is 1. The van der Waals surface area contributed by atoms with Crippen molar-refractivity contribution in [2.75, 3.05) is 0 Å². The molecule has 72 valence electrons. The number of nitrogens with zero attached hydrogens (tertiary/aromatic N) is 2. The van der Waals surface area contributed by atoms with Crippen molar-refractivity contribution >= 4 is 12.2 Å². The topological polar surface area (TPSA) is 62.7 Å². The molecular formula is C9H14N2O2. The quantitative estimate of drug-likeness (QED) is 0.280. The van der Waals surface area contributed by atoms with E-state index in [1.54, 1.807) is 0 Å². The molecule has 4 heteroatoms. The summed E-state index contributed by atoms with van der Waals surface area (Å²) >= 11 is 0. The minimum absolute atomic E-state index is 0.000694. The summed E-state index contributed by atoms with van der Waals surface area (Å²) in [4.78, 5) is 13.6. The Hall–Kier alpha value is -1.15. The lowest BCUT2D eigenvalue weighted by atomic mass is 9.88. The van der Waals surface area contributed by atoms with Crippen molar-refractivity contribution in [2.45, 2.75) is 38.7 Å².